The van der Waals surface area contributed by atoms with Crippen LogP contribution in [0.4, 0.5) is 17.5 Å². The predicted octanol–water partition coefficient (Wildman–Crippen LogP) is 3.18. The van der Waals surface area contributed by atoms with Crippen LogP contribution in [0.3, 0.4) is 0 Å². The third-order valence-corrected chi connectivity index (χ3v) is 2.63. The molecule has 1 heterocycles. The minimum absolute atomic E-state index is 0.436. The Kier molecular flexibility index (Phi) is 4.16. The second-order valence-electron chi connectivity index (χ2n) is 3.73. The summed E-state index contributed by atoms with van der Waals surface area (Å²) < 4.78 is 0. The Balaban J connectivity index is 2.21. The molecular weight excluding hydrogens is 262 g/mol. The van der Waals surface area contributed by atoms with Gasteiger partial charge in [0.25, 0.3) is 0 Å². The Morgan fingerprint density at radius 3 is 2.68 bits per heavy atom. The van der Waals surface area contributed by atoms with Crippen LogP contribution in [0.1, 0.15) is 12.5 Å². The summed E-state index contributed by atoms with van der Waals surface area (Å²) in [5.74, 6) is 1.04. The summed E-state index contributed by atoms with van der Waals surface area (Å²) in [4.78, 5) is 8.33. The summed E-state index contributed by atoms with van der Waals surface area (Å²) in [6.45, 7) is 2.70. The maximum absolute atomic E-state index is 8.74. The predicted molar refractivity (Wildman–Crippen MR) is 75.6 cm³/mol. The summed E-state index contributed by atoms with van der Waals surface area (Å²) >= 11 is 6.04. The van der Waals surface area contributed by atoms with E-state index in [1.165, 1.54) is 0 Å². The summed E-state index contributed by atoms with van der Waals surface area (Å²) in [6, 6.07) is 9.11. The lowest BCUT2D eigenvalue weighted by molar-refractivity contribution is 1.09. The zero-order chi connectivity index (χ0) is 13.7. The molecule has 5 nitrogen and oxygen atoms in total. The van der Waals surface area contributed by atoms with E-state index in [1.54, 1.807) is 30.5 Å². The van der Waals surface area contributed by atoms with Gasteiger partial charge in [0.1, 0.15) is 5.02 Å². The number of nitriles is 1. The van der Waals surface area contributed by atoms with Gasteiger partial charge < -0.3 is 10.6 Å². The first-order chi connectivity index (χ1) is 9.22. The normalized spacial score (nSPS) is 9.74. The third-order valence-electron chi connectivity index (χ3n) is 2.36. The van der Waals surface area contributed by atoms with E-state index in [0.717, 1.165) is 12.2 Å². The summed E-state index contributed by atoms with van der Waals surface area (Å²) in [7, 11) is 0. The van der Waals surface area contributed by atoms with E-state index in [0.29, 0.717) is 22.4 Å². The molecule has 0 radical (unpaired) electrons. The van der Waals surface area contributed by atoms with Gasteiger partial charge in [-0.1, -0.05) is 11.6 Å². The highest BCUT2D eigenvalue weighted by Crippen LogP contribution is 2.23. The van der Waals surface area contributed by atoms with Crippen molar-refractivity contribution in [3.05, 3.63) is 41.0 Å². The molecule has 0 fully saturated rings. The van der Waals surface area contributed by atoms with Gasteiger partial charge in [-0.2, -0.15) is 10.2 Å². The van der Waals surface area contributed by atoms with Gasteiger partial charge in [0, 0.05) is 12.2 Å². The van der Waals surface area contributed by atoms with E-state index in [-0.39, 0.29) is 0 Å². The number of nitrogens with one attached hydrogen (secondary N) is 2. The lowest BCUT2D eigenvalue weighted by Crippen LogP contribution is -2.04. The van der Waals surface area contributed by atoms with Crippen LogP contribution in [0.5, 0.6) is 0 Å². The number of hydrogen-bond donors (Lipinski definition) is 2. The SMILES string of the molecule is CCNc1ncc(Cl)c(Nc2ccc(C#N)cc2)n1. The van der Waals surface area contributed by atoms with Crippen LogP contribution in [0.15, 0.2) is 30.5 Å². The van der Waals surface area contributed by atoms with Gasteiger partial charge in [-0.25, -0.2) is 4.98 Å². The smallest absolute Gasteiger partial charge is 0.224 e. The van der Waals surface area contributed by atoms with Crippen molar-refractivity contribution in [1.82, 2.24) is 9.97 Å². The fourth-order valence-electron chi connectivity index (χ4n) is 1.46. The minimum atomic E-state index is 0.436. The van der Waals surface area contributed by atoms with Crippen molar-refractivity contribution in [1.29, 1.82) is 5.26 Å². The topological polar surface area (TPSA) is 73.6 Å². The molecule has 2 rings (SSSR count). The average Bonchev–Trinajstić information content (AvgIpc) is 2.44. The Morgan fingerprint density at radius 1 is 1.32 bits per heavy atom. The molecule has 1 aromatic heterocycles. The number of benzene rings is 1. The van der Waals surface area contributed by atoms with E-state index < -0.39 is 0 Å². The van der Waals surface area contributed by atoms with Gasteiger partial charge >= 0.3 is 0 Å². The van der Waals surface area contributed by atoms with E-state index >= 15 is 0 Å². The summed E-state index contributed by atoms with van der Waals surface area (Å²) in [5, 5.41) is 15.3. The van der Waals surface area contributed by atoms with Crippen LogP contribution in [-0.2, 0) is 0 Å². The highest BCUT2D eigenvalue weighted by atomic mass is 35.5. The van der Waals surface area contributed by atoms with Crippen molar-refractivity contribution in [2.45, 2.75) is 6.92 Å². The van der Waals surface area contributed by atoms with Crippen LogP contribution in [0, 0.1) is 11.3 Å². The van der Waals surface area contributed by atoms with Gasteiger partial charge in [-0.3, -0.25) is 0 Å². The van der Waals surface area contributed by atoms with Crippen LogP contribution < -0.4 is 10.6 Å². The Labute approximate surface area is 116 Å². The first-order valence-electron chi connectivity index (χ1n) is 5.76. The van der Waals surface area contributed by atoms with E-state index in [2.05, 4.69) is 26.7 Å². The highest BCUT2D eigenvalue weighted by Gasteiger charge is 2.05. The van der Waals surface area contributed by atoms with E-state index in [1.807, 2.05) is 6.92 Å². The van der Waals surface area contributed by atoms with Crippen LogP contribution in [0.2, 0.25) is 5.02 Å². The van der Waals surface area contributed by atoms with Crippen molar-refractivity contribution in [3.63, 3.8) is 0 Å². The van der Waals surface area contributed by atoms with Crippen molar-refractivity contribution in [3.8, 4) is 6.07 Å². The molecule has 0 spiro atoms. The fraction of sp³-hybridized carbons (Fsp3) is 0.154. The first kappa shape index (κ1) is 13.1. The minimum Gasteiger partial charge on any atom is -0.354 e. The lowest BCUT2D eigenvalue weighted by atomic mass is 10.2. The largest absolute Gasteiger partial charge is 0.354 e. The number of halogens is 1. The number of hydrogen-bond acceptors (Lipinski definition) is 5. The molecule has 0 aliphatic carbocycles. The number of anilines is 3. The molecule has 0 bridgehead atoms. The zero-order valence-corrected chi connectivity index (χ0v) is 11.1. The number of nitrogens with zero attached hydrogens (tertiary/aromatic N) is 3. The molecule has 0 unspecified atom stereocenters. The van der Waals surface area contributed by atoms with Crippen LogP contribution in [0.25, 0.3) is 0 Å². The maximum Gasteiger partial charge on any atom is 0.224 e. The van der Waals surface area contributed by atoms with E-state index in [4.69, 9.17) is 16.9 Å². The molecule has 0 atom stereocenters. The molecule has 19 heavy (non-hydrogen) atoms. The van der Waals surface area contributed by atoms with Crippen molar-refractivity contribution in [2.24, 2.45) is 0 Å². The Morgan fingerprint density at radius 2 is 2.05 bits per heavy atom. The average molecular weight is 274 g/mol. The molecule has 1 aromatic carbocycles. The Bertz CT molecular complexity index is 603. The molecular formula is C13H12ClN5. The van der Waals surface area contributed by atoms with Crippen molar-refractivity contribution < 1.29 is 0 Å². The molecule has 2 aromatic rings. The van der Waals surface area contributed by atoms with Crippen LogP contribution in [-0.4, -0.2) is 16.5 Å². The standard InChI is InChI=1S/C13H12ClN5/c1-2-16-13-17-8-11(14)12(19-13)18-10-5-3-9(7-15)4-6-10/h3-6,8H,2H2,1H3,(H2,16,17,18,19). The molecule has 96 valence electrons. The first-order valence-corrected chi connectivity index (χ1v) is 6.14. The third kappa shape index (κ3) is 3.33. The zero-order valence-electron chi connectivity index (χ0n) is 10.3. The van der Waals surface area contributed by atoms with Gasteiger partial charge in [-0.05, 0) is 31.2 Å². The number of rotatable bonds is 4. The van der Waals surface area contributed by atoms with E-state index in [9.17, 15) is 0 Å². The lowest BCUT2D eigenvalue weighted by Gasteiger charge is -2.09. The van der Waals surface area contributed by atoms with Crippen molar-refractivity contribution in [2.75, 3.05) is 17.2 Å². The second kappa shape index (κ2) is 6.03. The molecule has 6 heteroatoms. The quantitative estimate of drug-likeness (QED) is 0.895. The van der Waals surface area contributed by atoms with Gasteiger partial charge in [-0.15, -0.1) is 0 Å². The van der Waals surface area contributed by atoms with Gasteiger partial charge in [0.05, 0.1) is 17.8 Å². The van der Waals surface area contributed by atoms with Gasteiger partial charge in [0.2, 0.25) is 5.95 Å². The van der Waals surface area contributed by atoms with Crippen LogP contribution >= 0.6 is 11.6 Å². The second-order valence-corrected chi connectivity index (χ2v) is 4.14. The molecule has 0 amide bonds. The summed E-state index contributed by atoms with van der Waals surface area (Å²) in [6.07, 6.45) is 1.54. The van der Waals surface area contributed by atoms with Gasteiger partial charge in [0.15, 0.2) is 5.82 Å². The molecule has 2 N–H and O–H groups in total. The number of aromatic nitrogens is 2. The fourth-order valence-corrected chi connectivity index (χ4v) is 1.60. The molecule has 0 aliphatic rings. The Hall–Kier alpha value is -2.32. The maximum atomic E-state index is 8.74. The molecule has 0 saturated carbocycles. The van der Waals surface area contributed by atoms with Crippen molar-refractivity contribution >= 4 is 29.1 Å². The summed E-state index contributed by atoms with van der Waals surface area (Å²) in [5.41, 5.74) is 1.41. The monoisotopic (exact) mass is 273 g/mol. The molecule has 0 aliphatic heterocycles. The molecule has 0 saturated heterocycles. The highest BCUT2D eigenvalue weighted by molar-refractivity contribution is 6.32.